The number of pyridine rings is 1. The Morgan fingerprint density at radius 2 is 1.82 bits per heavy atom. The summed E-state index contributed by atoms with van der Waals surface area (Å²) in [6.07, 6.45) is 1.56. The third-order valence-electron chi connectivity index (χ3n) is 4.00. The third kappa shape index (κ3) is 4.73. The zero-order chi connectivity index (χ0) is 19.9. The minimum absolute atomic E-state index is 0.0561. The van der Waals surface area contributed by atoms with E-state index >= 15 is 0 Å². The van der Waals surface area contributed by atoms with Gasteiger partial charge in [-0.1, -0.05) is 24.3 Å². The standard InChI is InChI=1S/C22H21N3O3/c1-3-28-20-10-5-4-9-19(20)25-21-14-17(11-12-23-21)22(27)24-18-8-6-7-16(13-18)15(2)26/h4-14H,3H2,1-2H3,(H,23,25)(H,24,27). The molecule has 0 atom stereocenters. The summed E-state index contributed by atoms with van der Waals surface area (Å²) in [7, 11) is 0. The van der Waals surface area contributed by atoms with Crippen LogP contribution in [0, 0.1) is 0 Å². The molecule has 0 fully saturated rings. The largest absolute Gasteiger partial charge is 0.492 e. The van der Waals surface area contributed by atoms with Gasteiger partial charge in [-0.2, -0.15) is 0 Å². The summed E-state index contributed by atoms with van der Waals surface area (Å²) in [5.74, 6) is 0.892. The van der Waals surface area contributed by atoms with Gasteiger partial charge in [-0.15, -0.1) is 0 Å². The molecular formula is C22H21N3O3. The number of benzene rings is 2. The van der Waals surface area contributed by atoms with Crippen LogP contribution in [0.1, 0.15) is 34.6 Å². The van der Waals surface area contributed by atoms with Crippen molar-refractivity contribution < 1.29 is 14.3 Å². The highest BCUT2D eigenvalue weighted by Crippen LogP contribution is 2.27. The molecule has 1 aromatic heterocycles. The lowest BCUT2D eigenvalue weighted by molar-refractivity contribution is 0.101. The lowest BCUT2D eigenvalue weighted by Gasteiger charge is -2.12. The molecule has 28 heavy (non-hydrogen) atoms. The van der Waals surface area contributed by atoms with Gasteiger partial charge in [0.25, 0.3) is 5.91 Å². The first-order chi connectivity index (χ1) is 13.6. The SMILES string of the molecule is CCOc1ccccc1Nc1cc(C(=O)Nc2cccc(C(C)=O)c2)ccn1. The van der Waals surface area contributed by atoms with Gasteiger partial charge in [-0.05, 0) is 50.2 Å². The molecule has 0 saturated carbocycles. The number of nitrogens with zero attached hydrogens (tertiary/aromatic N) is 1. The second kappa shape index (κ2) is 8.81. The van der Waals surface area contributed by atoms with E-state index in [1.54, 1.807) is 42.6 Å². The van der Waals surface area contributed by atoms with E-state index in [2.05, 4.69) is 15.6 Å². The Morgan fingerprint density at radius 3 is 2.61 bits per heavy atom. The van der Waals surface area contributed by atoms with Crippen molar-refractivity contribution >= 4 is 28.9 Å². The van der Waals surface area contributed by atoms with E-state index in [-0.39, 0.29) is 11.7 Å². The van der Waals surface area contributed by atoms with E-state index in [9.17, 15) is 9.59 Å². The minimum Gasteiger partial charge on any atom is -0.492 e. The van der Waals surface area contributed by atoms with Crippen molar-refractivity contribution in [3.8, 4) is 5.75 Å². The number of ketones is 1. The molecule has 0 spiro atoms. The predicted octanol–water partition coefficient (Wildman–Crippen LogP) is 4.68. The maximum absolute atomic E-state index is 12.6. The van der Waals surface area contributed by atoms with Crippen molar-refractivity contribution in [2.45, 2.75) is 13.8 Å². The van der Waals surface area contributed by atoms with Crippen molar-refractivity contribution in [3.05, 3.63) is 78.0 Å². The average Bonchev–Trinajstić information content (AvgIpc) is 2.70. The van der Waals surface area contributed by atoms with Gasteiger partial charge < -0.3 is 15.4 Å². The lowest BCUT2D eigenvalue weighted by Crippen LogP contribution is -2.13. The number of amides is 1. The second-order valence-electron chi connectivity index (χ2n) is 6.08. The van der Waals surface area contributed by atoms with Crippen LogP contribution in [-0.4, -0.2) is 23.3 Å². The first kappa shape index (κ1) is 19.1. The van der Waals surface area contributed by atoms with Gasteiger partial charge in [0.1, 0.15) is 11.6 Å². The molecule has 0 aliphatic carbocycles. The van der Waals surface area contributed by atoms with Crippen molar-refractivity contribution in [1.29, 1.82) is 0 Å². The number of carbonyl (C=O) groups is 2. The summed E-state index contributed by atoms with van der Waals surface area (Å²) < 4.78 is 5.60. The minimum atomic E-state index is -0.288. The molecule has 3 aromatic rings. The highest BCUT2D eigenvalue weighted by atomic mass is 16.5. The molecule has 1 amide bonds. The van der Waals surface area contributed by atoms with Crippen LogP contribution in [0.5, 0.6) is 5.75 Å². The molecule has 1 heterocycles. The molecule has 3 rings (SSSR count). The average molecular weight is 375 g/mol. The first-order valence-corrected chi connectivity index (χ1v) is 8.94. The van der Waals surface area contributed by atoms with E-state index in [1.165, 1.54) is 6.92 Å². The molecule has 6 nitrogen and oxygen atoms in total. The van der Waals surface area contributed by atoms with E-state index < -0.39 is 0 Å². The van der Waals surface area contributed by atoms with E-state index in [0.29, 0.717) is 35.0 Å². The van der Waals surface area contributed by atoms with Gasteiger partial charge in [0.05, 0.1) is 12.3 Å². The maximum Gasteiger partial charge on any atom is 0.255 e. The summed E-state index contributed by atoms with van der Waals surface area (Å²) in [5, 5.41) is 5.98. The van der Waals surface area contributed by atoms with Crippen LogP contribution in [0.15, 0.2) is 66.9 Å². The number of anilines is 3. The normalized spacial score (nSPS) is 10.2. The topological polar surface area (TPSA) is 80.3 Å². The quantitative estimate of drug-likeness (QED) is 0.586. The molecule has 0 saturated heterocycles. The van der Waals surface area contributed by atoms with Crippen LogP contribution in [0.2, 0.25) is 0 Å². The number of ether oxygens (including phenoxy) is 1. The van der Waals surface area contributed by atoms with E-state index in [4.69, 9.17) is 4.74 Å². The summed E-state index contributed by atoms with van der Waals surface area (Å²) in [5.41, 5.74) is 2.32. The van der Waals surface area contributed by atoms with E-state index in [0.717, 1.165) is 5.69 Å². The molecule has 0 radical (unpaired) electrons. The van der Waals surface area contributed by atoms with Crippen LogP contribution in [-0.2, 0) is 0 Å². The van der Waals surface area contributed by atoms with Gasteiger partial charge >= 0.3 is 0 Å². The smallest absolute Gasteiger partial charge is 0.255 e. The second-order valence-corrected chi connectivity index (χ2v) is 6.08. The Balaban J connectivity index is 1.77. The molecule has 2 N–H and O–H groups in total. The van der Waals surface area contributed by atoms with Gasteiger partial charge in [0.2, 0.25) is 0 Å². The molecule has 0 aliphatic heterocycles. The number of para-hydroxylation sites is 2. The number of aromatic nitrogens is 1. The van der Waals surface area contributed by atoms with Crippen LogP contribution < -0.4 is 15.4 Å². The number of carbonyl (C=O) groups excluding carboxylic acids is 2. The summed E-state index contributed by atoms with van der Waals surface area (Å²) in [4.78, 5) is 28.4. The molecule has 6 heteroatoms. The van der Waals surface area contributed by atoms with Crippen LogP contribution >= 0.6 is 0 Å². The fraction of sp³-hybridized carbons (Fsp3) is 0.136. The fourth-order valence-electron chi connectivity index (χ4n) is 2.65. The first-order valence-electron chi connectivity index (χ1n) is 8.94. The van der Waals surface area contributed by atoms with Crippen LogP contribution in [0.25, 0.3) is 0 Å². The van der Waals surface area contributed by atoms with E-state index in [1.807, 2.05) is 31.2 Å². The maximum atomic E-state index is 12.6. The number of hydrogen-bond donors (Lipinski definition) is 2. The van der Waals surface area contributed by atoms with Gasteiger partial charge in [-0.3, -0.25) is 9.59 Å². The number of hydrogen-bond acceptors (Lipinski definition) is 5. The van der Waals surface area contributed by atoms with Gasteiger partial charge in [0, 0.05) is 23.0 Å². The van der Waals surface area contributed by atoms with Gasteiger partial charge in [-0.25, -0.2) is 4.98 Å². The van der Waals surface area contributed by atoms with Crippen molar-refractivity contribution in [2.24, 2.45) is 0 Å². The zero-order valence-electron chi connectivity index (χ0n) is 15.7. The van der Waals surface area contributed by atoms with Crippen LogP contribution in [0.3, 0.4) is 0 Å². The Kier molecular flexibility index (Phi) is 6.01. The van der Waals surface area contributed by atoms with Crippen molar-refractivity contribution in [1.82, 2.24) is 4.98 Å². The molecule has 0 unspecified atom stereocenters. The molecule has 0 aliphatic rings. The Hall–Kier alpha value is -3.67. The predicted molar refractivity (Wildman–Crippen MR) is 110 cm³/mol. The highest BCUT2D eigenvalue weighted by molar-refractivity contribution is 6.05. The Bertz CT molecular complexity index is 1000. The summed E-state index contributed by atoms with van der Waals surface area (Å²) in [6.45, 7) is 3.96. The number of Topliss-reactive ketones (excluding diaryl/α,β-unsaturated/α-hetero) is 1. The fourth-order valence-corrected chi connectivity index (χ4v) is 2.65. The Labute approximate surface area is 163 Å². The number of rotatable bonds is 7. The monoisotopic (exact) mass is 375 g/mol. The molecule has 142 valence electrons. The van der Waals surface area contributed by atoms with Gasteiger partial charge in [0.15, 0.2) is 5.78 Å². The summed E-state index contributed by atoms with van der Waals surface area (Å²) in [6, 6.07) is 17.7. The van der Waals surface area contributed by atoms with Crippen LogP contribution in [0.4, 0.5) is 17.2 Å². The van der Waals surface area contributed by atoms with Crippen molar-refractivity contribution in [2.75, 3.05) is 17.2 Å². The highest BCUT2D eigenvalue weighted by Gasteiger charge is 2.10. The number of nitrogens with one attached hydrogen (secondary N) is 2. The third-order valence-corrected chi connectivity index (χ3v) is 4.00. The van der Waals surface area contributed by atoms with Crippen molar-refractivity contribution in [3.63, 3.8) is 0 Å². The molecular weight excluding hydrogens is 354 g/mol. The Morgan fingerprint density at radius 1 is 1.00 bits per heavy atom. The summed E-state index contributed by atoms with van der Waals surface area (Å²) >= 11 is 0. The molecule has 0 bridgehead atoms. The zero-order valence-corrected chi connectivity index (χ0v) is 15.7. The molecule has 2 aromatic carbocycles. The lowest BCUT2D eigenvalue weighted by atomic mass is 10.1.